The van der Waals surface area contributed by atoms with Crippen molar-refractivity contribution in [3.63, 3.8) is 0 Å². The van der Waals surface area contributed by atoms with Crippen LogP contribution in [0.4, 0.5) is 0 Å². The first kappa shape index (κ1) is 64.2. The van der Waals surface area contributed by atoms with Gasteiger partial charge in [-0.25, -0.2) is 4.79 Å². The molecule has 0 bridgehead atoms. The summed E-state index contributed by atoms with van der Waals surface area (Å²) in [6, 6.07) is 0. The molecule has 0 saturated carbocycles. The van der Waals surface area contributed by atoms with Gasteiger partial charge in [-0.3, -0.25) is 4.79 Å². The molecule has 1 saturated heterocycles. The molecule has 17 heteroatoms. The fourth-order valence-corrected chi connectivity index (χ4v) is 9.15. The standard InChI is InChI=1S/C54H92O17/c1-30-13-9-10-18-45(60)35(6)52(67)31(2)14-11-15-33(4)54(69)71-42(29-43-20-22-50(65)70-43)17-12-16-38(55)24-39(56)26-46(61)36(7)53(68)37(8)47(62)27-40(57)25-41(58)28-49(64)48(63)23-34(5)51(66)32(3)19-21-44(30)59/h9,12-13,15-16,19,21,23,30-32,35-49,51-53,55-64,66-68H,10-11,14,17-18,20,22,24-29H2,1-8H3. The van der Waals surface area contributed by atoms with Crippen molar-refractivity contribution in [2.24, 2.45) is 35.5 Å². The van der Waals surface area contributed by atoms with Gasteiger partial charge in [-0.2, -0.15) is 0 Å². The Hall–Kier alpha value is -2.88. The third kappa shape index (κ3) is 23.5. The van der Waals surface area contributed by atoms with Crippen LogP contribution in [0.2, 0.25) is 0 Å². The maximum absolute atomic E-state index is 13.3. The molecule has 17 nitrogen and oxygen atoms in total. The van der Waals surface area contributed by atoms with Crippen LogP contribution in [0.5, 0.6) is 0 Å². The maximum atomic E-state index is 13.3. The topological polar surface area (TPSA) is 316 Å². The SMILES string of the molecule is CC1=CCCC(C)C(O)C(C)C(O)CCC=CC(C)C(O)C=CC(C)C(O)C(C)=CC(O)C(O)CC(O)CC(O)CC(O)C(C)C(O)C(C)C(O)CC(O)CC(O)C=CCC(CC2CCC(=O)O2)OC1=O. The largest absolute Gasteiger partial charge is 0.462 e. The van der Waals surface area contributed by atoms with Crippen molar-refractivity contribution in [1.29, 1.82) is 0 Å². The van der Waals surface area contributed by atoms with Crippen molar-refractivity contribution in [3.8, 4) is 0 Å². The van der Waals surface area contributed by atoms with Gasteiger partial charge in [0.1, 0.15) is 12.2 Å². The highest BCUT2D eigenvalue weighted by molar-refractivity contribution is 5.87. The van der Waals surface area contributed by atoms with Gasteiger partial charge in [0, 0.05) is 67.3 Å². The third-order valence-electron chi connectivity index (χ3n) is 14.5. The second-order valence-corrected chi connectivity index (χ2v) is 21.0. The van der Waals surface area contributed by atoms with Gasteiger partial charge in [-0.15, -0.1) is 0 Å². The van der Waals surface area contributed by atoms with Crippen molar-refractivity contribution in [2.45, 2.75) is 230 Å². The lowest BCUT2D eigenvalue weighted by molar-refractivity contribution is -0.147. The summed E-state index contributed by atoms with van der Waals surface area (Å²) in [6.07, 6.45) is -1.99. The van der Waals surface area contributed by atoms with Crippen molar-refractivity contribution in [2.75, 3.05) is 0 Å². The zero-order valence-electron chi connectivity index (χ0n) is 43.4. The number of hydrogen-bond donors (Lipinski definition) is 13. The third-order valence-corrected chi connectivity index (χ3v) is 14.5. The first-order chi connectivity index (χ1) is 33.2. The van der Waals surface area contributed by atoms with Crippen LogP contribution < -0.4 is 0 Å². The van der Waals surface area contributed by atoms with Crippen molar-refractivity contribution < 1.29 is 85.4 Å². The molecule has 71 heavy (non-hydrogen) atoms. The molecule has 0 radical (unpaired) electrons. The molecule has 13 N–H and O–H groups in total. The lowest BCUT2D eigenvalue weighted by Gasteiger charge is -2.33. The number of ether oxygens (including phenoxy) is 2. The molecule has 0 aromatic rings. The van der Waals surface area contributed by atoms with Crippen LogP contribution in [0.1, 0.15) is 139 Å². The summed E-state index contributed by atoms with van der Waals surface area (Å²) >= 11 is 0. The molecule has 1 fully saturated rings. The number of esters is 2. The molecule has 21 atom stereocenters. The normalized spacial score (nSPS) is 41.4. The van der Waals surface area contributed by atoms with E-state index >= 15 is 0 Å². The van der Waals surface area contributed by atoms with E-state index in [2.05, 4.69) is 0 Å². The molecule has 2 aliphatic rings. The minimum absolute atomic E-state index is 0.158. The number of hydrogen-bond acceptors (Lipinski definition) is 17. The average Bonchev–Trinajstić information content (AvgIpc) is 3.72. The second-order valence-electron chi connectivity index (χ2n) is 21.0. The Morgan fingerprint density at radius 1 is 0.535 bits per heavy atom. The van der Waals surface area contributed by atoms with Crippen LogP contribution in [-0.4, -0.2) is 170 Å². The van der Waals surface area contributed by atoms with Gasteiger partial charge in [0.05, 0.1) is 79.4 Å². The molecule has 2 aliphatic heterocycles. The van der Waals surface area contributed by atoms with E-state index in [1.54, 1.807) is 52.0 Å². The summed E-state index contributed by atoms with van der Waals surface area (Å²) in [4.78, 5) is 25.1. The van der Waals surface area contributed by atoms with E-state index in [9.17, 15) is 76.0 Å². The zero-order chi connectivity index (χ0) is 53.7. The maximum Gasteiger partial charge on any atom is 0.333 e. The van der Waals surface area contributed by atoms with E-state index in [4.69, 9.17) is 9.47 Å². The van der Waals surface area contributed by atoms with Gasteiger partial charge in [0.2, 0.25) is 0 Å². The van der Waals surface area contributed by atoms with Crippen molar-refractivity contribution >= 4 is 11.9 Å². The highest BCUT2D eigenvalue weighted by Crippen LogP contribution is 2.28. The molecule has 21 unspecified atom stereocenters. The number of aliphatic hydroxyl groups is 13. The second kappa shape index (κ2) is 32.4. The van der Waals surface area contributed by atoms with E-state index in [-0.39, 0.29) is 69.2 Å². The van der Waals surface area contributed by atoms with E-state index < -0.39 is 121 Å². The predicted octanol–water partition coefficient (Wildman–Crippen LogP) is 2.98. The minimum atomic E-state index is -1.48. The molecule has 0 aliphatic carbocycles. The highest BCUT2D eigenvalue weighted by Gasteiger charge is 2.34. The molecule has 0 aromatic heterocycles. The van der Waals surface area contributed by atoms with Crippen LogP contribution in [0.25, 0.3) is 0 Å². The van der Waals surface area contributed by atoms with Crippen LogP contribution in [0, 0.1) is 35.5 Å². The first-order valence-electron chi connectivity index (χ1n) is 25.8. The van der Waals surface area contributed by atoms with Gasteiger partial charge in [0.15, 0.2) is 0 Å². The molecule has 2 rings (SSSR count). The van der Waals surface area contributed by atoms with Crippen LogP contribution in [0.3, 0.4) is 0 Å². The van der Waals surface area contributed by atoms with E-state index in [0.717, 1.165) is 0 Å². The lowest BCUT2D eigenvalue weighted by atomic mass is 9.82. The predicted molar refractivity (Wildman–Crippen MR) is 268 cm³/mol. The van der Waals surface area contributed by atoms with Crippen molar-refractivity contribution in [3.05, 3.63) is 59.8 Å². The monoisotopic (exact) mass is 1010 g/mol. The lowest BCUT2D eigenvalue weighted by Crippen LogP contribution is -2.41. The number of cyclic esters (lactones) is 2. The summed E-state index contributed by atoms with van der Waals surface area (Å²) in [5, 5.41) is 141. The van der Waals surface area contributed by atoms with Crippen LogP contribution >= 0.6 is 0 Å². The average molecular weight is 1010 g/mol. The van der Waals surface area contributed by atoms with Crippen molar-refractivity contribution in [1.82, 2.24) is 0 Å². The minimum Gasteiger partial charge on any atom is -0.462 e. The Balaban J connectivity index is 2.26. The summed E-state index contributed by atoms with van der Waals surface area (Å²) in [6.45, 7) is 13.4. The Labute approximate surface area is 421 Å². The Morgan fingerprint density at radius 2 is 1.11 bits per heavy atom. The van der Waals surface area contributed by atoms with Gasteiger partial charge in [-0.1, -0.05) is 90.2 Å². The molecule has 0 spiro atoms. The molecular formula is C54H92O17. The number of aliphatic hydroxyl groups excluding tert-OH is 13. The number of allylic oxidation sites excluding steroid dienone is 2. The Kier molecular flexibility index (Phi) is 29.3. The molecular weight excluding hydrogens is 921 g/mol. The number of carbonyl (C=O) groups is 2. The van der Waals surface area contributed by atoms with E-state index in [1.165, 1.54) is 26.0 Å². The Bertz CT molecular complexity index is 1700. The van der Waals surface area contributed by atoms with Gasteiger partial charge < -0.3 is 75.9 Å². The van der Waals surface area contributed by atoms with E-state index in [0.29, 0.717) is 43.3 Å². The van der Waals surface area contributed by atoms with Gasteiger partial charge >= 0.3 is 11.9 Å². The highest BCUT2D eigenvalue weighted by atomic mass is 16.6. The summed E-state index contributed by atoms with van der Waals surface area (Å²) in [5.41, 5.74) is 0.677. The Morgan fingerprint density at radius 3 is 1.70 bits per heavy atom. The molecule has 2 heterocycles. The number of rotatable bonds is 2. The summed E-state index contributed by atoms with van der Waals surface area (Å²) < 4.78 is 11.2. The van der Waals surface area contributed by atoms with E-state index in [1.807, 2.05) is 26.0 Å². The van der Waals surface area contributed by atoms with Crippen LogP contribution in [0.15, 0.2) is 59.8 Å². The summed E-state index contributed by atoms with van der Waals surface area (Å²) in [5.74, 6) is -4.13. The number of carbonyl (C=O) groups excluding carboxylic acids is 2. The van der Waals surface area contributed by atoms with Gasteiger partial charge in [-0.05, 0) is 76.7 Å². The quantitative estimate of drug-likeness (QED) is 0.140. The van der Waals surface area contributed by atoms with Crippen LogP contribution in [-0.2, 0) is 19.1 Å². The molecule has 0 aromatic carbocycles. The first-order valence-corrected chi connectivity index (χ1v) is 25.8. The molecule has 410 valence electrons. The summed E-state index contributed by atoms with van der Waals surface area (Å²) in [7, 11) is 0. The zero-order valence-corrected chi connectivity index (χ0v) is 43.4. The van der Waals surface area contributed by atoms with Gasteiger partial charge in [0.25, 0.3) is 0 Å². The fourth-order valence-electron chi connectivity index (χ4n) is 9.15. The fraction of sp³-hybridized carbons (Fsp3) is 0.778. The molecule has 0 amide bonds. The smallest absolute Gasteiger partial charge is 0.333 e.